The van der Waals surface area contributed by atoms with Crippen molar-refractivity contribution < 1.29 is 9.90 Å². The lowest BCUT2D eigenvalue weighted by atomic mass is 9.54. The van der Waals surface area contributed by atoms with E-state index in [0.717, 1.165) is 11.8 Å². The number of aromatic nitrogens is 3. The van der Waals surface area contributed by atoms with E-state index in [9.17, 15) is 4.79 Å². The zero-order valence-electron chi connectivity index (χ0n) is 10.9. The maximum absolute atomic E-state index is 10.9. The Bertz CT molecular complexity index is 483. The molecule has 0 radical (unpaired) electrons. The van der Waals surface area contributed by atoms with Gasteiger partial charge in [0.25, 0.3) is 0 Å². The van der Waals surface area contributed by atoms with Crippen molar-refractivity contribution in [3.8, 4) is 0 Å². The molecule has 1 aromatic rings. The van der Waals surface area contributed by atoms with Crippen LogP contribution in [-0.4, -0.2) is 25.8 Å². The van der Waals surface area contributed by atoms with Crippen molar-refractivity contribution in [1.29, 1.82) is 0 Å². The summed E-state index contributed by atoms with van der Waals surface area (Å²) in [5.74, 6) is 3.05. The predicted octanol–water partition coefficient (Wildman–Crippen LogP) is 1.90. The Labute approximate surface area is 112 Å². The van der Waals surface area contributed by atoms with E-state index in [4.69, 9.17) is 5.11 Å². The molecule has 5 rings (SSSR count). The minimum Gasteiger partial charge on any atom is -0.481 e. The molecule has 0 saturated heterocycles. The maximum atomic E-state index is 10.9. The van der Waals surface area contributed by atoms with Crippen molar-refractivity contribution >= 4 is 5.97 Å². The van der Waals surface area contributed by atoms with Gasteiger partial charge in [0.15, 0.2) is 0 Å². The number of hydrogen-bond acceptors (Lipinski definition) is 3. The number of rotatable bonds is 3. The first-order chi connectivity index (χ1) is 9.20. The second kappa shape index (κ2) is 4.05. The summed E-state index contributed by atoms with van der Waals surface area (Å²) in [5.41, 5.74) is 0. The van der Waals surface area contributed by atoms with E-state index in [0.29, 0.717) is 23.7 Å². The highest BCUT2D eigenvalue weighted by molar-refractivity contribution is 5.68. The minimum atomic E-state index is -0.821. The van der Waals surface area contributed by atoms with Gasteiger partial charge in [0.2, 0.25) is 0 Å². The predicted molar refractivity (Wildman–Crippen MR) is 67.4 cm³/mol. The molecule has 1 N–H and O–H groups in total. The van der Waals surface area contributed by atoms with Crippen LogP contribution in [0.2, 0.25) is 0 Å². The summed E-state index contributed by atoms with van der Waals surface area (Å²) in [5, 5.41) is 13.3. The Morgan fingerprint density at radius 2 is 1.84 bits per heavy atom. The summed E-state index contributed by atoms with van der Waals surface area (Å²) in [4.78, 5) is 15.1. The fourth-order valence-electron chi connectivity index (χ4n) is 5.08. The Balaban J connectivity index is 1.65. The maximum Gasteiger partial charge on any atom is 0.311 e. The molecular formula is C14H19N3O2. The molecule has 0 unspecified atom stereocenters. The van der Waals surface area contributed by atoms with Crippen molar-refractivity contribution in [2.75, 3.05) is 0 Å². The molecule has 4 fully saturated rings. The molecule has 102 valence electrons. The molecular weight excluding hydrogens is 242 g/mol. The summed E-state index contributed by atoms with van der Waals surface area (Å²) in [6.45, 7) is 0. The topological polar surface area (TPSA) is 68.0 Å². The Kier molecular flexibility index (Phi) is 2.44. The van der Waals surface area contributed by atoms with Crippen LogP contribution in [0.15, 0.2) is 6.33 Å². The average Bonchev–Trinajstić information content (AvgIpc) is 2.75. The van der Waals surface area contributed by atoms with Crippen LogP contribution < -0.4 is 0 Å². The van der Waals surface area contributed by atoms with E-state index in [1.807, 2.05) is 4.68 Å². The van der Waals surface area contributed by atoms with Crippen LogP contribution in [0.4, 0.5) is 0 Å². The summed E-state index contributed by atoms with van der Waals surface area (Å²) >= 11 is 0. The van der Waals surface area contributed by atoms with Gasteiger partial charge in [-0.2, -0.15) is 5.10 Å². The van der Waals surface area contributed by atoms with Crippen LogP contribution in [0.3, 0.4) is 0 Å². The normalized spacial score (nSPS) is 39.7. The molecule has 19 heavy (non-hydrogen) atoms. The van der Waals surface area contributed by atoms with Crippen molar-refractivity contribution in [1.82, 2.24) is 14.8 Å². The van der Waals surface area contributed by atoms with Gasteiger partial charge in [-0.3, -0.25) is 4.79 Å². The van der Waals surface area contributed by atoms with Crippen molar-refractivity contribution in [3.05, 3.63) is 12.2 Å². The number of carboxylic acid groups (broad SMARTS) is 1. The summed E-state index contributed by atoms with van der Waals surface area (Å²) in [6.07, 6.45) is 8.17. The molecule has 0 aliphatic heterocycles. The fraction of sp³-hybridized carbons (Fsp3) is 0.786. The molecule has 0 amide bonds. The zero-order chi connectivity index (χ0) is 13.0. The number of hydrogen-bond donors (Lipinski definition) is 1. The van der Waals surface area contributed by atoms with E-state index < -0.39 is 5.97 Å². The van der Waals surface area contributed by atoms with Gasteiger partial charge in [-0.05, 0) is 55.8 Å². The van der Waals surface area contributed by atoms with Gasteiger partial charge >= 0.3 is 5.97 Å². The Morgan fingerprint density at radius 3 is 2.42 bits per heavy atom. The third-order valence-corrected chi connectivity index (χ3v) is 5.42. The van der Waals surface area contributed by atoms with Crippen molar-refractivity contribution in [3.63, 3.8) is 0 Å². The van der Waals surface area contributed by atoms with E-state index in [2.05, 4.69) is 10.1 Å². The first kappa shape index (κ1) is 11.4. The highest BCUT2D eigenvalue weighted by atomic mass is 16.4. The average molecular weight is 261 g/mol. The number of carboxylic acids is 1. The Hall–Kier alpha value is -1.39. The lowest BCUT2D eigenvalue weighted by Crippen LogP contribution is -2.46. The van der Waals surface area contributed by atoms with Gasteiger partial charge < -0.3 is 5.11 Å². The van der Waals surface area contributed by atoms with Gasteiger partial charge in [-0.1, -0.05) is 0 Å². The largest absolute Gasteiger partial charge is 0.481 e. The molecule has 5 nitrogen and oxygen atoms in total. The molecule has 0 atom stereocenters. The van der Waals surface area contributed by atoms with Gasteiger partial charge in [0.1, 0.15) is 18.6 Å². The lowest BCUT2D eigenvalue weighted by Gasteiger charge is -2.54. The molecule has 4 aliphatic rings. The lowest BCUT2D eigenvalue weighted by molar-refractivity contribution is -0.136. The van der Waals surface area contributed by atoms with Crippen LogP contribution >= 0.6 is 0 Å². The third kappa shape index (κ3) is 1.78. The van der Waals surface area contributed by atoms with Crippen LogP contribution in [0.25, 0.3) is 0 Å². The number of carbonyl (C=O) groups is 1. The first-order valence-corrected chi connectivity index (χ1v) is 7.31. The molecule has 4 bridgehead atoms. The molecule has 0 aromatic carbocycles. The highest BCUT2D eigenvalue weighted by Gasteiger charge is 2.49. The summed E-state index contributed by atoms with van der Waals surface area (Å²) in [7, 11) is 0. The second-order valence-corrected chi connectivity index (χ2v) is 6.61. The molecule has 1 heterocycles. The molecule has 4 aliphatic carbocycles. The quantitative estimate of drug-likeness (QED) is 0.902. The molecule has 4 saturated carbocycles. The summed E-state index contributed by atoms with van der Waals surface area (Å²) < 4.78 is 1.95. The highest BCUT2D eigenvalue weighted by Crippen LogP contribution is 2.58. The van der Waals surface area contributed by atoms with Crippen molar-refractivity contribution in [2.24, 2.45) is 23.7 Å². The smallest absolute Gasteiger partial charge is 0.311 e. The van der Waals surface area contributed by atoms with Gasteiger partial charge in [0.05, 0.1) is 6.04 Å². The standard InChI is InChI=1S/C14H19N3O2/c18-13(19)6-12-15-7-16-17(12)14-10-2-8-1-9(4-10)5-11(14)3-8/h7-11,14H,1-6H2,(H,18,19). The first-order valence-electron chi connectivity index (χ1n) is 7.31. The monoisotopic (exact) mass is 261 g/mol. The second-order valence-electron chi connectivity index (χ2n) is 6.61. The van der Waals surface area contributed by atoms with Crippen LogP contribution in [0.1, 0.15) is 44.0 Å². The molecule has 0 spiro atoms. The molecule has 1 aromatic heterocycles. The Morgan fingerprint density at radius 1 is 1.21 bits per heavy atom. The van der Waals surface area contributed by atoms with Crippen LogP contribution in [-0.2, 0) is 11.2 Å². The van der Waals surface area contributed by atoms with E-state index in [1.165, 1.54) is 38.4 Å². The SMILES string of the molecule is O=C(O)Cc1ncnn1C1C2CC3CC(C2)CC1C3. The van der Waals surface area contributed by atoms with Gasteiger partial charge in [0, 0.05) is 0 Å². The summed E-state index contributed by atoms with van der Waals surface area (Å²) in [6, 6.07) is 0.407. The number of aliphatic carboxylic acids is 1. The zero-order valence-corrected chi connectivity index (χ0v) is 10.9. The van der Waals surface area contributed by atoms with Gasteiger partial charge in [-0.15, -0.1) is 0 Å². The van der Waals surface area contributed by atoms with Crippen LogP contribution in [0.5, 0.6) is 0 Å². The van der Waals surface area contributed by atoms with E-state index >= 15 is 0 Å². The van der Waals surface area contributed by atoms with E-state index in [1.54, 1.807) is 0 Å². The van der Waals surface area contributed by atoms with Gasteiger partial charge in [-0.25, -0.2) is 9.67 Å². The third-order valence-electron chi connectivity index (χ3n) is 5.42. The fourth-order valence-corrected chi connectivity index (χ4v) is 5.08. The number of nitrogens with zero attached hydrogens (tertiary/aromatic N) is 3. The van der Waals surface area contributed by atoms with Crippen molar-refractivity contribution in [2.45, 2.75) is 44.6 Å². The van der Waals surface area contributed by atoms with E-state index in [-0.39, 0.29) is 6.42 Å². The van der Waals surface area contributed by atoms with Crippen LogP contribution in [0, 0.1) is 23.7 Å². The molecule has 5 heteroatoms. The minimum absolute atomic E-state index is 0.0111.